The Labute approximate surface area is 135 Å². The van der Waals surface area contributed by atoms with Crippen molar-refractivity contribution in [2.24, 2.45) is 0 Å². The van der Waals surface area contributed by atoms with Gasteiger partial charge < -0.3 is 0 Å². The highest BCUT2D eigenvalue weighted by Crippen LogP contribution is 2.40. The van der Waals surface area contributed by atoms with Crippen LogP contribution in [0.2, 0.25) is 5.02 Å². The van der Waals surface area contributed by atoms with Crippen LogP contribution in [-0.4, -0.2) is 0 Å². The summed E-state index contributed by atoms with van der Waals surface area (Å²) in [7, 11) is 0. The molecule has 1 atom stereocenters. The second-order valence-electron chi connectivity index (χ2n) is 5.82. The monoisotopic (exact) mass is 326 g/mol. The Balaban J connectivity index is 2.28. The van der Waals surface area contributed by atoms with Gasteiger partial charge in [0.05, 0.1) is 10.4 Å². The zero-order chi connectivity index (χ0) is 14.9. The maximum Gasteiger partial charge on any atom is 0.0942 e. The molecule has 0 saturated carbocycles. The third-order valence-corrected chi connectivity index (χ3v) is 6.40. The van der Waals surface area contributed by atoms with Crippen molar-refractivity contribution in [3.63, 3.8) is 0 Å². The van der Waals surface area contributed by atoms with Crippen molar-refractivity contribution in [3.8, 4) is 0 Å². The van der Waals surface area contributed by atoms with Gasteiger partial charge in [-0.3, -0.25) is 0 Å². The Hall–Kier alpha value is -0.500. The summed E-state index contributed by atoms with van der Waals surface area (Å²) >= 11 is 14.5. The van der Waals surface area contributed by atoms with E-state index in [2.05, 4.69) is 50.4 Å². The first-order valence-electron chi connectivity index (χ1n) is 6.85. The second-order valence-corrected chi connectivity index (χ2v) is 7.54. The van der Waals surface area contributed by atoms with E-state index in [1.165, 1.54) is 5.56 Å². The maximum atomic E-state index is 6.58. The summed E-state index contributed by atoms with van der Waals surface area (Å²) in [6.07, 6.45) is 1.12. The van der Waals surface area contributed by atoms with Crippen molar-refractivity contribution >= 4 is 34.5 Å². The molecule has 0 fully saturated rings. The van der Waals surface area contributed by atoms with E-state index in [1.807, 2.05) is 6.92 Å². The van der Waals surface area contributed by atoms with Crippen LogP contribution in [0.5, 0.6) is 0 Å². The molecule has 0 amide bonds. The van der Waals surface area contributed by atoms with Crippen molar-refractivity contribution < 1.29 is 0 Å². The van der Waals surface area contributed by atoms with Crippen molar-refractivity contribution in [1.82, 2.24) is 0 Å². The number of thiophene rings is 1. The van der Waals surface area contributed by atoms with E-state index in [4.69, 9.17) is 23.2 Å². The lowest BCUT2D eigenvalue weighted by Gasteiger charge is -2.23. The molecule has 1 unspecified atom stereocenters. The van der Waals surface area contributed by atoms with Crippen LogP contribution in [0, 0.1) is 6.92 Å². The van der Waals surface area contributed by atoms with E-state index < -0.39 is 0 Å². The van der Waals surface area contributed by atoms with Gasteiger partial charge in [-0.1, -0.05) is 56.6 Å². The molecule has 1 aromatic heterocycles. The molecule has 2 rings (SSSR count). The van der Waals surface area contributed by atoms with Crippen LogP contribution in [-0.2, 0) is 5.41 Å². The highest BCUT2D eigenvalue weighted by atomic mass is 35.5. The van der Waals surface area contributed by atoms with Crippen molar-refractivity contribution in [1.29, 1.82) is 0 Å². The number of benzene rings is 1. The van der Waals surface area contributed by atoms with Gasteiger partial charge in [0.1, 0.15) is 0 Å². The SMILES string of the molecule is CCC(C)(C)c1ccc(C(Cl)c2scc(C)c2Cl)cc1. The molecule has 0 spiro atoms. The van der Waals surface area contributed by atoms with Gasteiger partial charge in [-0.25, -0.2) is 0 Å². The highest BCUT2D eigenvalue weighted by Gasteiger charge is 2.20. The smallest absolute Gasteiger partial charge is 0.0942 e. The first-order valence-corrected chi connectivity index (χ1v) is 8.54. The van der Waals surface area contributed by atoms with Crippen LogP contribution in [0.25, 0.3) is 0 Å². The molecule has 108 valence electrons. The molecule has 0 bridgehead atoms. The van der Waals surface area contributed by atoms with Crippen molar-refractivity contribution in [2.75, 3.05) is 0 Å². The molecule has 20 heavy (non-hydrogen) atoms. The Kier molecular flexibility index (Phi) is 4.84. The Morgan fingerprint density at radius 3 is 2.25 bits per heavy atom. The van der Waals surface area contributed by atoms with Crippen LogP contribution in [0.15, 0.2) is 29.6 Å². The summed E-state index contributed by atoms with van der Waals surface area (Å²) < 4.78 is 0. The molecule has 0 aliphatic heterocycles. The molecule has 0 aliphatic carbocycles. The molecule has 0 N–H and O–H groups in total. The van der Waals surface area contributed by atoms with Gasteiger partial charge in [0.15, 0.2) is 0 Å². The zero-order valence-corrected chi connectivity index (χ0v) is 14.7. The zero-order valence-electron chi connectivity index (χ0n) is 12.3. The highest BCUT2D eigenvalue weighted by molar-refractivity contribution is 7.11. The van der Waals surface area contributed by atoms with Gasteiger partial charge in [-0.2, -0.15) is 0 Å². The first-order chi connectivity index (χ1) is 9.36. The molecule has 0 radical (unpaired) electrons. The standard InChI is InChI=1S/C17H20Cl2S/c1-5-17(3,4)13-8-6-12(7-9-13)15(19)16-14(18)11(2)10-20-16/h6-10,15H,5H2,1-4H3. The maximum absolute atomic E-state index is 6.58. The quantitative estimate of drug-likeness (QED) is 0.546. The lowest BCUT2D eigenvalue weighted by molar-refractivity contribution is 0.506. The average molecular weight is 327 g/mol. The molecule has 2 aromatic rings. The van der Waals surface area contributed by atoms with E-state index in [0.29, 0.717) is 0 Å². The normalized spacial score (nSPS) is 13.5. The fourth-order valence-corrected chi connectivity index (χ4v) is 3.85. The largest absolute Gasteiger partial charge is 0.145 e. The molecule has 1 aromatic carbocycles. The van der Waals surface area contributed by atoms with Gasteiger partial charge in [-0.15, -0.1) is 22.9 Å². The van der Waals surface area contributed by atoms with Crippen LogP contribution < -0.4 is 0 Å². The van der Waals surface area contributed by atoms with Crippen LogP contribution in [0.4, 0.5) is 0 Å². The van der Waals surface area contributed by atoms with E-state index in [1.54, 1.807) is 11.3 Å². The number of halogens is 2. The third kappa shape index (κ3) is 3.05. The fraction of sp³-hybridized carbons (Fsp3) is 0.412. The van der Waals surface area contributed by atoms with Gasteiger partial charge in [0.2, 0.25) is 0 Å². The van der Waals surface area contributed by atoms with E-state index in [9.17, 15) is 0 Å². The van der Waals surface area contributed by atoms with Crippen LogP contribution in [0.1, 0.15) is 54.1 Å². The summed E-state index contributed by atoms with van der Waals surface area (Å²) in [5.74, 6) is 0. The lowest BCUT2D eigenvalue weighted by Crippen LogP contribution is -2.15. The lowest BCUT2D eigenvalue weighted by atomic mass is 9.82. The molecule has 0 aliphatic rings. The molecule has 1 heterocycles. The van der Waals surface area contributed by atoms with Gasteiger partial charge in [-0.05, 0) is 40.8 Å². The topological polar surface area (TPSA) is 0 Å². The minimum absolute atomic E-state index is 0.167. The predicted octanol–water partition coefficient (Wildman–Crippen LogP) is 6.73. The third-order valence-electron chi connectivity index (χ3n) is 4.02. The number of hydrogen-bond donors (Lipinski definition) is 0. The summed E-state index contributed by atoms with van der Waals surface area (Å²) in [5.41, 5.74) is 3.76. The summed E-state index contributed by atoms with van der Waals surface area (Å²) in [6.45, 7) is 8.75. The summed E-state index contributed by atoms with van der Waals surface area (Å²) in [5, 5.41) is 2.69. The molecular formula is C17H20Cl2S. The minimum Gasteiger partial charge on any atom is -0.145 e. The Bertz CT molecular complexity index is 582. The predicted molar refractivity (Wildman–Crippen MR) is 91.5 cm³/mol. The average Bonchev–Trinajstić information content (AvgIpc) is 2.78. The summed E-state index contributed by atoms with van der Waals surface area (Å²) in [6, 6.07) is 8.61. The molecule has 0 saturated heterocycles. The van der Waals surface area contributed by atoms with Crippen molar-refractivity contribution in [2.45, 2.75) is 44.9 Å². The Morgan fingerprint density at radius 2 is 1.80 bits per heavy atom. The Morgan fingerprint density at radius 1 is 1.20 bits per heavy atom. The van der Waals surface area contributed by atoms with Gasteiger partial charge >= 0.3 is 0 Å². The molecular weight excluding hydrogens is 307 g/mol. The minimum atomic E-state index is -0.167. The molecule has 3 heteroatoms. The fourth-order valence-electron chi connectivity index (χ4n) is 2.08. The van der Waals surface area contributed by atoms with Gasteiger partial charge in [0.25, 0.3) is 0 Å². The van der Waals surface area contributed by atoms with Crippen molar-refractivity contribution in [3.05, 3.63) is 56.2 Å². The number of hydrogen-bond acceptors (Lipinski definition) is 1. The summed E-state index contributed by atoms with van der Waals surface area (Å²) in [4.78, 5) is 1.04. The van der Waals surface area contributed by atoms with Crippen LogP contribution in [0.3, 0.4) is 0 Å². The molecule has 0 nitrogen and oxygen atoms in total. The second kappa shape index (κ2) is 6.09. The van der Waals surface area contributed by atoms with E-state index in [0.717, 1.165) is 27.4 Å². The number of rotatable bonds is 4. The first kappa shape index (κ1) is 15.9. The number of aryl methyl sites for hydroxylation is 1. The van der Waals surface area contributed by atoms with E-state index >= 15 is 0 Å². The number of alkyl halides is 1. The van der Waals surface area contributed by atoms with E-state index in [-0.39, 0.29) is 10.8 Å². The van der Waals surface area contributed by atoms with Gasteiger partial charge in [0, 0.05) is 4.88 Å². The van der Waals surface area contributed by atoms with Crippen LogP contribution >= 0.6 is 34.5 Å².